The highest BCUT2D eigenvalue weighted by atomic mass is 35.5. The molecule has 5 nitrogen and oxygen atoms in total. The first-order valence-corrected chi connectivity index (χ1v) is 13.3. The quantitative estimate of drug-likeness (QED) is 0.306. The second-order valence-corrected chi connectivity index (χ2v) is 11.2. The Kier molecular flexibility index (Phi) is 5.81. The predicted molar refractivity (Wildman–Crippen MR) is 141 cm³/mol. The van der Waals surface area contributed by atoms with Crippen LogP contribution in [0.15, 0.2) is 40.8 Å². The summed E-state index contributed by atoms with van der Waals surface area (Å²) in [6, 6.07) is 11.5. The van der Waals surface area contributed by atoms with Gasteiger partial charge in [-0.2, -0.15) is 5.10 Å². The van der Waals surface area contributed by atoms with Crippen LogP contribution in [0, 0.1) is 24.7 Å². The molecule has 2 aromatic heterocycles. The number of hydrogen-bond acceptors (Lipinski definition) is 3. The van der Waals surface area contributed by atoms with E-state index in [-0.39, 0.29) is 11.9 Å². The van der Waals surface area contributed by atoms with E-state index in [4.69, 9.17) is 32.7 Å². The van der Waals surface area contributed by atoms with Crippen LogP contribution in [0.4, 0.5) is 0 Å². The average Bonchev–Trinajstić information content (AvgIpc) is 3.37. The van der Waals surface area contributed by atoms with E-state index in [1.165, 1.54) is 32.1 Å². The number of halogens is 2. The molecule has 6 rings (SSSR count). The summed E-state index contributed by atoms with van der Waals surface area (Å²) < 4.78 is 7.96. The minimum absolute atomic E-state index is 0.180. The summed E-state index contributed by atoms with van der Waals surface area (Å²) in [5.41, 5.74) is 3.99. The third kappa shape index (κ3) is 4.03. The molecule has 1 N–H and O–H groups in total. The number of benzene rings is 2. The minimum Gasteiger partial charge on any atom is -0.452 e. The van der Waals surface area contributed by atoms with Gasteiger partial charge < -0.3 is 9.73 Å². The second-order valence-electron chi connectivity index (χ2n) is 10.4. The van der Waals surface area contributed by atoms with Gasteiger partial charge in [-0.25, -0.2) is 4.68 Å². The minimum atomic E-state index is -0.184. The number of amides is 1. The van der Waals surface area contributed by atoms with Crippen molar-refractivity contribution in [1.82, 2.24) is 15.1 Å². The van der Waals surface area contributed by atoms with E-state index in [9.17, 15) is 4.79 Å². The fraction of sp³-hybridized carbons (Fsp3) is 0.429. The predicted octanol–water partition coefficient (Wildman–Crippen LogP) is 7.72. The maximum Gasteiger partial charge on any atom is 0.275 e. The highest BCUT2D eigenvalue weighted by molar-refractivity contribution is 6.35. The third-order valence-corrected chi connectivity index (χ3v) is 8.62. The molecule has 0 spiro atoms. The van der Waals surface area contributed by atoms with Gasteiger partial charge in [-0.05, 0) is 92.7 Å². The number of hydrogen-bond donors (Lipinski definition) is 1. The molecule has 4 unspecified atom stereocenters. The summed E-state index contributed by atoms with van der Waals surface area (Å²) in [4.78, 5) is 13.7. The van der Waals surface area contributed by atoms with Gasteiger partial charge in [0.2, 0.25) is 0 Å². The summed E-state index contributed by atoms with van der Waals surface area (Å²) in [6.45, 7) is 4.31. The van der Waals surface area contributed by atoms with Crippen LogP contribution in [0.3, 0.4) is 0 Å². The molecule has 1 amide bonds. The summed E-state index contributed by atoms with van der Waals surface area (Å²) in [7, 11) is 0. The molecule has 2 bridgehead atoms. The van der Waals surface area contributed by atoms with E-state index in [0.29, 0.717) is 32.9 Å². The number of aryl methyl sites for hydroxylation is 1. The summed E-state index contributed by atoms with van der Waals surface area (Å²) in [6.07, 6.45) is 7.20. The van der Waals surface area contributed by atoms with Crippen LogP contribution in [0.5, 0.6) is 0 Å². The van der Waals surface area contributed by atoms with Crippen molar-refractivity contribution in [3.05, 3.63) is 57.7 Å². The highest BCUT2D eigenvalue weighted by Crippen LogP contribution is 2.44. The van der Waals surface area contributed by atoms with E-state index in [1.807, 2.05) is 31.2 Å². The molecule has 2 aromatic carbocycles. The van der Waals surface area contributed by atoms with E-state index >= 15 is 0 Å². The number of fused-ring (bicyclic) bond motifs is 5. The van der Waals surface area contributed by atoms with E-state index in [2.05, 4.69) is 12.2 Å². The maximum absolute atomic E-state index is 13.7. The lowest BCUT2D eigenvalue weighted by atomic mass is 9.65. The van der Waals surface area contributed by atoms with Crippen molar-refractivity contribution in [2.45, 2.75) is 58.4 Å². The molecule has 2 aliphatic carbocycles. The van der Waals surface area contributed by atoms with Gasteiger partial charge >= 0.3 is 0 Å². The van der Waals surface area contributed by atoms with Crippen LogP contribution in [0.1, 0.15) is 61.5 Å². The van der Waals surface area contributed by atoms with Crippen LogP contribution in [0.2, 0.25) is 10.0 Å². The molecule has 0 saturated heterocycles. The van der Waals surface area contributed by atoms with Gasteiger partial charge in [0.15, 0.2) is 11.3 Å². The van der Waals surface area contributed by atoms with Gasteiger partial charge in [0.1, 0.15) is 11.1 Å². The van der Waals surface area contributed by atoms with Gasteiger partial charge in [-0.1, -0.05) is 42.6 Å². The Morgan fingerprint density at radius 1 is 1.14 bits per heavy atom. The lowest BCUT2D eigenvalue weighted by molar-refractivity contribution is 0.0763. The molecular formula is C28H29Cl2N3O2. The van der Waals surface area contributed by atoms with Crippen LogP contribution in [-0.2, 0) is 0 Å². The van der Waals surface area contributed by atoms with E-state index in [0.717, 1.165) is 40.3 Å². The summed E-state index contributed by atoms with van der Waals surface area (Å²) in [5.74, 6) is 1.94. The van der Waals surface area contributed by atoms with Crippen LogP contribution < -0.4 is 5.32 Å². The normalized spacial score (nSPS) is 24.2. The number of furan rings is 1. The number of nitrogens with one attached hydrogen (secondary N) is 1. The van der Waals surface area contributed by atoms with Gasteiger partial charge in [-0.15, -0.1) is 0 Å². The fourth-order valence-electron chi connectivity index (χ4n) is 6.32. The molecule has 4 atom stereocenters. The first-order valence-electron chi connectivity index (χ1n) is 12.6. The van der Waals surface area contributed by atoms with Gasteiger partial charge in [0.25, 0.3) is 5.91 Å². The zero-order valence-corrected chi connectivity index (χ0v) is 21.5. The van der Waals surface area contributed by atoms with Crippen molar-refractivity contribution in [2.24, 2.45) is 17.8 Å². The fourth-order valence-corrected chi connectivity index (χ4v) is 6.81. The molecule has 0 radical (unpaired) electrons. The van der Waals surface area contributed by atoms with E-state index < -0.39 is 0 Å². The Labute approximate surface area is 214 Å². The zero-order valence-electron chi connectivity index (χ0n) is 20.0. The lowest BCUT2D eigenvalue weighted by Crippen LogP contribution is -2.46. The molecule has 4 aromatic rings. The Balaban J connectivity index is 1.42. The van der Waals surface area contributed by atoms with Crippen LogP contribution >= 0.6 is 23.2 Å². The SMILES string of the molecule is CCC1CC2CCC(NC(=O)c3nn(-c4ccc(Cl)cc4Cl)c4c3oc3cc(C)ccc34)C(C1)C2. The number of carbonyl (C=O) groups excluding carboxylic acids is 1. The molecule has 7 heteroatoms. The van der Waals surface area contributed by atoms with Crippen molar-refractivity contribution in [3.8, 4) is 5.69 Å². The van der Waals surface area contributed by atoms with Gasteiger partial charge in [-0.3, -0.25) is 4.79 Å². The molecule has 2 fully saturated rings. The van der Waals surface area contributed by atoms with E-state index in [1.54, 1.807) is 16.8 Å². The lowest BCUT2D eigenvalue weighted by Gasteiger charge is -2.43. The standard InChI is InChI=1S/C28H29Cl2N3O2/c1-3-16-11-17-5-8-22(18(12-16)13-17)31-28(34)25-27-26(20-7-4-15(2)10-24(20)35-27)33(32-25)23-9-6-19(29)14-21(23)30/h4,6-7,9-10,14,16-18,22H,3,5,8,11-13H2,1-2H3,(H,31,34). The van der Waals surface area contributed by atoms with Crippen LogP contribution in [-0.4, -0.2) is 21.7 Å². The molecule has 0 aliphatic heterocycles. The number of aromatic nitrogens is 2. The maximum atomic E-state index is 13.7. The van der Waals surface area contributed by atoms with Gasteiger partial charge in [0, 0.05) is 16.5 Å². The monoisotopic (exact) mass is 509 g/mol. The molecule has 2 saturated carbocycles. The molecule has 182 valence electrons. The number of nitrogens with zero attached hydrogens (tertiary/aromatic N) is 2. The zero-order chi connectivity index (χ0) is 24.3. The Morgan fingerprint density at radius 2 is 2.00 bits per heavy atom. The largest absolute Gasteiger partial charge is 0.452 e. The third-order valence-electron chi connectivity index (χ3n) is 8.09. The number of rotatable bonds is 4. The summed E-state index contributed by atoms with van der Waals surface area (Å²) >= 11 is 12.7. The molecule has 35 heavy (non-hydrogen) atoms. The molecule has 2 heterocycles. The smallest absolute Gasteiger partial charge is 0.275 e. The van der Waals surface area contributed by atoms with Gasteiger partial charge in [0.05, 0.1) is 10.7 Å². The van der Waals surface area contributed by atoms with Crippen molar-refractivity contribution in [2.75, 3.05) is 0 Å². The first-order chi connectivity index (χ1) is 16.9. The number of carbonyl (C=O) groups is 1. The highest BCUT2D eigenvalue weighted by Gasteiger charge is 2.38. The topological polar surface area (TPSA) is 60.1 Å². The van der Waals surface area contributed by atoms with Crippen molar-refractivity contribution < 1.29 is 9.21 Å². The van der Waals surface area contributed by atoms with Crippen molar-refractivity contribution in [3.63, 3.8) is 0 Å². The average molecular weight is 510 g/mol. The second kappa shape index (κ2) is 8.86. The summed E-state index contributed by atoms with van der Waals surface area (Å²) in [5, 5.41) is 9.98. The first kappa shape index (κ1) is 22.9. The van der Waals surface area contributed by atoms with Crippen molar-refractivity contribution >= 4 is 51.2 Å². The van der Waals surface area contributed by atoms with Crippen molar-refractivity contribution in [1.29, 1.82) is 0 Å². The van der Waals surface area contributed by atoms with Crippen LogP contribution in [0.25, 0.3) is 27.8 Å². The Morgan fingerprint density at radius 3 is 2.80 bits per heavy atom. The molecular weight excluding hydrogens is 481 g/mol. The Bertz CT molecular complexity index is 1440. The molecule has 2 aliphatic rings. The Hall–Kier alpha value is -2.50.